The van der Waals surface area contributed by atoms with Crippen LogP contribution in [-0.2, 0) is 0 Å². The Morgan fingerprint density at radius 2 is 1.83 bits per heavy atom. The fourth-order valence-corrected chi connectivity index (χ4v) is 3.25. The Morgan fingerprint density at radius 3 is 2.55 bits per heavy atom. The number of para-hydroxylation sites is 1. The molecule has 0 spiro atoms. The van der Waals surface area contributed by atoms with Gasteiger partial charge >= 0.3 is 0 Å². The molecular formula is C23H21N5O. The van der Waals surface area contributed by atoms with Crippen molar-refractivity contribution in [3.63, 3.8) is 0 Å². The molecule has 0 unspecified atom stereocenters. The predicted octanol–water partition coefficient (Wildman–Crippen LogP) is 4.19. The Morgan fingerprint density at radius 1 is 1.03 bits per heavy atom. The van der Waals surface area contributed by atoms with E-state index in [0.717, 1.165) is 33.3 Å². The van der Waals surface area contributed by atoms with Gasteiger partial charge in [0.05, 0.1) is 22.8 Å². The van der Waals surface area contributed by atoms with Gasteiger partial charge in [0.15, 0.2) is 0 Å². The van der Waals surface area contributed by atoms with Gasteiger partial charge in [0.1, 0.15) is 6.33 Å². The number of aryl methyl sites for hydroxylation is 2. The lowest BCUT2D eigenvalue weighted by Crippen LogP contribution is -2.27. The molecule has 1 aromatic carbocycles. The fourth-order valence-electron chi connectivity index (χ4n) is 3.25. The molecular weight excluding hydrogens is 362 g/mol. The van der Waals surface area contributed by atoms with Crippen LogP contribution in [0.1, 0.15) is 40.1 Å². The van der Waals surface area contributed by atoms with Gasteiger partial charge in [0.2, 0.25) is 0 Å². The molecule has 6 heteroatoms. The number of rotatable bonds is 4. The third kappa shape index (κ3) is 3.82. The molecule has 1 amide bonds. The number of benzene rings is 1. The number of pyridine rings is 2. The largest absolute Gasteiger partial charge is 0.345 e. The number of carbonyl (C=O) groups is 1. The number of nitrogens with one attached hydrogen (secondary N) is 1. The maximum atomic E-state index is 13.2. The zero-order valence-corrected chi connectivity index (χ0v) is 16.5. The Labute approximate surface area is 169 Å². The number of fused-ring (bicyclic) bond motifs is 1. The van der Waals surface area contributed by atoms with Crippen LogP contribution in [0.25, 0.3) is 22.2 Å². The summed E-state index contributed by atoms with van der Waals surface area (Å²) in [5.41, 5.74) is 5.71. The van der Waals surface area contributed by atoms with E-state index in [9.17, 15) is 4.79 Å². The van der Waals surface area contributed by atoms with E-state index in [1.54, 1.807) is 24.7 Å². The molecule has 0 radical (unpaired) electrons. The summed E-state index contributed by atoms with van der Waals surface area (Å²) in [6.07, 6.45) is 6.66. The maximum Gasteiger partial charge on any atom is 0.252 e. The van der Waals surface area contributed by atoms with E-state index in [2.05, 4.69) is 20.3 Å². The van der Waals surface area contributed by atoms with Gasteiger partial charge in [-0.1, -0.05) is 24.3 Å². The zero-order valence-electron chi connectivity index (χ0n) is 16.5. The number of hydrogen-bond donors (Lipinski definition) is 1. The number of amides is 1. The van der Waals surface area contributed by atoms with Crippen LogP contribution in [0.5, 0.6) is 0 Å². The van der Waals surface area contributed by atoms with Gasteiger partial charge in [-0.15, -0.1) is 0 Å². The molecule has 4 rings (SSSR count). The second-order valence-electron chi connectivity index (χ2n) is 7.08. The molecule has 0 bridgehead atoms. The van der Waals surface area contributed by atoms with E-state index in [1.165, 1.54) is 6.33 Å². The summed E-state index contributed by atoms with van der Waals surface area (Å²) in [7, 11) is 0. The molecule has 0 aliphatic carbocycles. The normalized spacial score (nSPS) is 12.0. The molecule has 0 saturated heterocycles. The lowest BCUT2D eigenvalue weighted by atomic mass is 10.0. The van der Waals surface area contributed by atoms with E-state index in [0.29, 0.717) is 11.3 Å². The highest BCUT2D eigenvalue weighted by Gasteiger charge is 2.17. The van der Waals surface area contributed by atoms with Crippen LogP contribution in [0.15, 0.2) is 61.3 Å². The quantitative estimate of drug-likeness (QED) is 0.571. The average Bonchev–Trinajstić information content (AvgIpc) is 2.74. The molecule has 0 fully saturated rings. The highest BCUT2D eigenvalue weighted by Crippen LogP contribution is 2.26. The molecule has 4 aromatic rings. The van der Waals surface area contributed by atoms with Crippen molar-refractivity contribution in [2.24, 2.45) is 0 Å². The van der Waals surface area contributed by atoms with Crippen molar-refractivity contribution in [3.05, 3.63) is 83.7 Å². The summed E-state index contributed by atoms with van der Waals surface area (Å²) < 4.78 is 0. The lowest BCUT2D eigenvalue weighted by molar-refractivity contribution is 0.0941. The second kappa shape index (κ2) is 7.75. The van der Waals surface area contributed by atoms with E-state index < -0.39 is 0 Å². The highest BCUT2D eigenvalue weighted by atomic mass is 16.1. The molecule has 1 atom stereocenters. The van der Waals surface area contributed by atoms with Gasteiger partial charge in [0.25, 0.3) is 5.91 Å². The second-order valence-corrected chi connectivity index (χ2v) is 7.08. The number of aromatic nitrogens is 4. The van der Waals surface area contributed by atoms with Crippen LogP contribution in [0, 0.1) is 13.8 Å². The van der Waals surface area contributed by atoms with Crippen molar-refractivity contribution in [3.8, 4) is 11.3 Å². The summed E-state index contributed by atoms with van der Waals surface area (Å²) in [6, 6.07) is 11.4. The van der Waals surface area contributed by atoms with Gasteiger partial charge in [0, 0.05) is 35.2 Å². The van der Waals surface area contributed by atoms with Crippen LogP contribution >= 0.6 is 0 Å². The van der Waals surface area contributed by atoms with Crippen molar-refractivity contribution in [1.29, 1.82) is 0 Å². The van der Waals surface area contributed by atoms with Crippen molar-refractivity contribution >= 4 is 16.8 Å². The molecule has 1 N–H and O–H groups in total. The number of nitrogens with zero attached hydrogens (tertiary/aromatic N) is 4. The van der Waals surface area contributed by atoms with Gasteiger partial charge in [-0.2, -0.15) is 0 Å². The van der Waals surface area contributed by atoms with Crippen LogP contribution in [0.3, 0.4) is 0 Å². The first-order valence-corrected chi connectivity index (χ1v) is 9.42. The van der Waals surface area contributed by atoms with Crippen LogP contribution in [0.4, 0.5) is 0 Å². The minimum absolute atomic E-state index is 0.158. The monoisotopic (exact) mass is 383 g/mol. The highest BCUT2D eigenvalue weighted by molar-refractivity contribution is 6.07. The van der Waals surface area contributed by atoms with E-state index in [-0.39, 0.29) is 11.9 Å². The van der Waals surface area contributed by atoms with E-state index >= 15 is 0 Å². The lowest BCUT2D eigenvalue weighted by Gasteiger charge is -2.16. The van der Waals surface area contributed by atoms with E-state index in [4.69, 9.17) is 4.98 Å². The van der Waals surface area contributed by atoms with Crippen molar-refractivity contribution in [1.82, 2.24) is 25.3 Å². The molecule has 3 heterocycles. The van der Waals surface area contributed by atoms with Gasteiger partial charge < -0.3 is 5.32 Å². The zero-order chi connectivity index (χ0) is 20.4. The summed E-state index contributed by atoms with van der Waals surface area (Å²) in [5, 5.41) is 3.90. The third-order valence-electron chi connectivity index (χ3n) is 4.92. The fraction of sp³-hybridized carbons (Fsp3) is 0.174. The minimum Gasteiger partial charge on any atom is -0.345 e. The number of carbonyl (C=O) groups excluding carboxylic acids is 1. The third-order valence-corrected chi connectivity index (χ3v) is 4.92. The summed E-state index contributed by atoms with van der Waals surface area (Å²) >= 11 is 0. The van der Waals surface area contributed by atoms with Crippen LogP contribution < -0.4 is 5.32 Å². The Bertz CT molecular complexity index is 1170. The van der Waals surface area contributed by atoms with Crippen molar-refractivity contribution in [2.45, 2.75) is 26.8 Å². The first kappa shape index (κ1) is 18.7. The van der Waals surface area contributed by atoms with Gasteiger partial charge in [-0.3, -0.25) is 9.78 Å². The smallest absolute Gasteiger partial charge is 0.252 e. The van der Waals surface area contributed by atoms with Crippen LogP contribution in [0.2, 0.25) is 0 Å². The average molecular weight is 383 g/mol. The number of hydrogen-bond acceptors (Lipinski definition) is 5. The molecule has 144 valence electrons. The van der Waals surface area contributed by atoms with Crippen LogP contribution in [-0.4, -0.2) is 25.8 Å². The Balaban J connectivity index is 1.76. The Kier molecular flexibility index (Phi) is 4.99. The molecule has 0 aliphatic heterocycles. The summed E-state index contributed by atoms with van der Waals surface area (Å²) in [4.78, 5) is 30.4. The van der Waals surface area contributed by atoms with Crippen molar-refractivity contribution in [2.75, 3.05) is 0 Å². The SMILES string of the molecule is Cc1ccc([C@@H](C)NC(=O)c2cc(-c3cncnc3)nc3c(C)cccc23)cn1. The standard InChI is InChI=1S/C23H21N5O/c1-14-5-4-6-19-20(9-21(28-22(14)19)18-10-24-13-25-11-18)23(29)27-16(3)17-8-7-15(2)26-12-17/h4-13,16H,1-3H3,(H,27,29)/t16-/m1/s1. The maximum absolute atomic E-state index is 13.2. The van der Waals surface area contributed by atoms with Gasteiger partial charge in [-0.05, 0) is 44.0 Å². The van der Waals surface area contributed by atoms with E-state index in [1.807, 2.05) is 51.1 Å². The molecule has 0 saturated carbocycles. The summed E-state index contributed by atoms with van der Waals surface area (Å²) in [5.74, 6) is -0.158. The topological polar surface area (TPSA) is 80.7 Å². The first-order chi connectivity index (χ1) is 14.0. The first-order valence-electron chi connectivity index (χ1n) is 9.42. The molecule has 6 nitrogen and oxygen atoms in total. The van der Waals surface area contributed by atoms with Gasteiger partial charge in [-0.25, -0.2) is 15.0 Å². The molecule has 3 aromatic heterocycles. The van der Waals surface area contributed by atoms with Crippen molar-refractivity contribution < 1.29 is 4.79 Å². The minimum atomic E-state index is -0.174. The summed E-state index contributed by atoms with van der Waals surface area (Å²) in [6.45, 7) is 5.88. The Hall–Kier alpha value is -3.67. The molecule has 29 heavy (non-hydrogen) atoms. The predicted molar refractivity (Wildman–Crippen MR) is 112 cm³/mol. The molecule has 0 aliphatic rings.